The molecule has 0 amide bonds. The lowest BCUT2D eigenvalue weighted by molar-refractivity contribution is 0.571. The molecule has 0 unspecified atom stereocenters. The molecule has 5 nitrogen and oxygen atoms in total. The molecule has 7 heteroatoms. The molecule has 0 atom stereocenters. The number of aromatic nitrogens is 1. The highest BCUT2D eigenvalue weighted by Gasteiger charge is 2.16. The van der Waals surface area contributed by atoms with E-state index < -0.39 is 10.0 Å². The summed E-state index contributed by atoms with van der Waals surface area (Å²) in [4.78, 5) is 0.330. The van der Waals surface area contributed by atoms with E-state index in [-0.39, 0.29) is 0 Å². The van der Waals surface area contributed by atoms with Crippen molar-refractivity contribution in [3.8, 4) is 0 Å². The summed E-state index contributed by atoms with van der Waals surface area (Å²) in [5.41, 5.74) is 0.957. The topological polar surface area (TPSA) is 63.1 Å². The van der Waals surface area contributed by atoms with E-state index >= 15 is 0 Å². The number of thioether (sulfide) groups is 1. The second-order valence-corrected chi connectivity index (χ2v) is 7.46. The van der Waals surface area contributed by atoms with Gasteiger partial charge in [-0.15, -0.1) is 0 Å². The summed E-state index contributed by atoms with van der Waals surface area (Å²) in [6, 6.07) is 2.09. The lowest BCUT2D eigenvalue weighted by Crippen LogP contribution is -2.25. The third kappa shape index (κ3) is 5.18. The highest BCUT2D eigenvalue weighted by atomic mass is 32.2. The van der Waals surface area contributed by atoms with Crippen LogP contribution in [0.15, 0.2) is 17.2 Å². The Balaban J connectivity index is 2.76. The molecule has 0 saturated carbocycles. The molecule has 2 N–H and O–H groups in total. The average Bonchev–Trinajstić information content (AvgIpc) is 2.69. The largest absolute Gasteiger partial charge is 0.352 e. The van der Waals surface area contributed by atoms with Gasteiger partial charge in [-0.05, 0) is 12.3 Å². The van der Waals surface area contributed by atoms with E-state index in [1.807, 2.05) is 17.9 Å². The Labute approximate surface area is 120 Å². The summed E-state index contributed by atoms with van der Waals surface area (Å²) >= 11 is 1.62. The molecule has 1 heterocycles. The molecule has 1 rings (SSSR count). The predicted molar refractivity (Wildman–Crippen MR) is 81.0 cm³/mol. The fourth-order valence-corrected chi connectivity index (χ4v) is 3.13. The smallest absolute Gasteiger partial charge is 0.242 e. The Hall–Kier alpha value is -0.500. The Kier molecular flexibility index (Phi) is 6.38. The number of sulfonamides is 1. The summed E-state index contributed by atoms with van der Waals surface area (Å²) in [7, 11) is -1.53. The Morgan fingerprint density at radius 3 is 2.68 bits per heavy atom. The first-order chi connectivity index (χ1) is 8.86. The maximum Gasteiger partial charge on any atom is 0.242 e. The van der Waals surface area contributed by atoms with Crippen LogP contribution in [-0.2, 0) is 23.6 Å². The van der Waals surface area contributed by atoms with Crippen molar-refractivity contribution in [3.63, 3.8) is 0 Å². The van der Waals surface area contributed by atoms with Gasteiger partial charge in [-0.25, -0.2) is 13.1 Å². The number of hydrogen-bond donors (Lipinski definition) is 2. The van der Waals surface area contributed by atoms with Gasteiger partial charge in [0, 0.05) is 43.8 Å². The first-order valence-corrected chi connectivity index (χ1v) is 9.11. The molecular weight excluding hydrogens is 282 g/mol. The van der Waals surface area contributed by atoms with Crippen LogP contribution in [0.4, 0.5) is 0 Å². The summed E-state index contributed by atoms with van der Waals surface area (Å²) in [5, 5.41) is 3.28. The van der Waals surface area contributed by atoms with Gasteiger partial charge in [0.05, 0.1) is 4.90 Å². The van der Waals surface area contributed by atoms with E-state index in [2.05, 4.69) is 23.9 Å². The molecule has 19 heavy (non-hydrogen) atoms. The molecule has 0 radical (unpaired) electrons. The number of rotatable bonds is 8. The van der Waals surface area contributed by atoms with E-state index in [4.69, 9.17) is 0 Å². The number of aryl methyl sites for hydroxylation is 1. The van der Waals surface area contributed by atoms with Crippen molar-refractivity contribution in [2.24, 2.45) is 7.05 Å². The quantitative estimate of drug-likeness (QED) is 0.708. The SMILES string of the molecule is CSCCNS(=O)(=O)c1cc(CNC(C)C)n(C)c1. The summed E-state index contributed by atoms with van der Waals surface area (Å²) in [6.45, 7) is 5.24. The lowest BCUT2D eigenvalue weighted by Gasteiger charge is -2.08. The van der Waals surface area contributed by atoms with Gasteiger partial charge < -0.3 is 9.88 Å². The van der Waals surface area contributed by atoms with Gasteiger partial charge in [-0.1, -0.05) is 13.8 Å². The number of nitrogens with one attached hydrogen (secondary N) is 2. The molecule has 1 aromatic rings. The summed E-state index contributed by atoms with van der Waals surface area (Å²) < 4.78 is 28.6. The molecule has 0 aliphatic heterocycles. The van der Waals surface area contributed by atoms with E-state index in [0.29, 0.717) is 24.0 Å². The fraction of sp³-hybridized carbons (Fsp3) is 0.667. The van der Waals surface area contributed by atoms with Crippen molar-refractivity contribution < 1.29 is 8.42 Å². The maximum atomic E-state index is 12.1. The van der Waals surface area contributed by atoms with Gasteiger partial charge in [-0.2, -0.15) is 11.8 Å². The van der Waals surface area contributed by atoms with Crippen LogP contribution >= 0.6 is 11.8 Å². The molecule has 1 aromatic heterocycles. The Morgan fingerprint density at radius 2 is 2.11 bits per heavy atom. The minimum absolute atomic E-state index is 0.330. The van der Waals surface area contributed by atoms with Crippen LogP contribution in [-0.4, -0.2) is 37.6 Å². The molecule has 0 saturated heterocycles. The monoisotopic (exact) mass is 305 g/mol. The standard InChI is InChI=1S/C12H23N3O2S2/c1-10(2)13-8-11-7-12(9-15(11)3)19(16,17)14-5-6-18-4/h7,9-10,13-14H,5-6,8H2,1-4H3. The van der Waals surface area contributed by atoms with Crippen LogP contribution in [0.3, 0.4) is 0 Å². The minimum Gasteiger partial charge on any atom is -0.352 e. The molecule has 0 aliphatic rings. The zero-order valence-electron chi connectivity index (χ0n) is 11.9. The van der Waals surface area contributed by atoms with Crippen LogP contribution in [0.25, 0.3) is 0 Å². The van der Waals surface area contributed by atoms with Gasteiger partial charge in [-0.3, -0.25) is 0 Å². The minimum atomic E-state index is -3.38. The van der Waals surface area contributed by atoms with Crippen molar-refractivity contribution in [2.45, 2.75) is 31.3 Å². The third-order valence-corrected chi connectivity index (χ3v) is 4.72. The highest BCUT2D eigenvalue weighted by Crippen LogP contribution is 2.13. The number of nitrogens with zero attached hydrogens (tertiary/aromatic N) is 1. The van der Waals surface area contributed by atoms with Gasteiger partial charge in [0.1, 0.15) is 0 Å². The molecule has 0 spiro atoms. The van der Waals surface area contributed by atoms with Gasteiger partial charge in [0.25, 0.3) is 0 Å². The molecule has 110 valence electrons. The van der Waals surface area contributed by atoms with Crippen LogP contribution in [0.1, 0.15) is 19.5 Å². The highest BCUT2D eigenvalue weighted by molar-refractivity contribution is 7.98. The van der Waals surface area contributed by atoms with E-state index in [1.54, 1.807) is 24.0 Å². The third-order valence-electron chi connectivity index (χ3n) is 2.68. The van der Waals surface area contributed by atoms with E-state index in [9.17, 15) is 8.42 Å². The van der Waals surface area contributed by atoms with Crippen molar-refractivity contribution >= 4 is 21.8 Å². The molecule has 0 aliphatic carbocycles. The zero-order valence-corrected chi connectivity index (χ0v) is 13.6. The van der Waals surface area contributed by atoms with Crippen molar-refractivity contribution in [1.82, 2.24) is 14.6 Å². The normalized spacial score (nSPS) is 12.3. The fourth-order valence-electron chi connectivity index (χ4n) is 1.57. The zero-order chi connectivity index (χ0) is 14.5. The molecule has 0 bridgehead atoms. The van der Waals surface area contributed by atoms with Crippen molar-refractivity contribution in [3.05, 3.63) is 18.0 Å². The van der Waals surface area contributed by atoms with Crippen LogP contribution in [0, 0.1) is 0 Å². The molecule has 0 fully saturated rings. The van der Waals surface area contributed by atoms with E-state index in [1.165, 1.54) is 0 Å². The maximum absolute atomic E-state index is 12.1. The van der Waals surface area contributed by atoms with Gasteiger partial charge >= 0.3 is 0 Å². The first kappa shape index (κ1) is 16.6. The van der Waals surface area contributed by atoms with Crippen molar-refractivity contribution in [1.29, 1.82) is 0 Å². The second-order valence-electron chi connectivity index (χ2n) is 4.70. The summed E-state index contributed by atoms with van der Waals surface area (Å²) in [5.74, 6) is 0.772. The van der Waals surface area contributed by atoms with Crippen LogP contribution in [0.5, 0.6) is 0 Å². The Morgan fingerprint density at radius 1 is 1.42 bits per heavy atom. The van der Waals surface area contributed by atoms with Crippen molar-refractivity contribution in [2.75, 3.05) is 18.6 Å². The van der Waals surface area contributed by atoms with E-state index in [0.717, 1.165) is 11.4 Å². The van der Waals surface area contributed by atoms with Gasteiger partial charge in [0.15, 0.2) is 0 Å². The predicted octanol–water partition coefficient (Wildman–Crippen LogP) is 1.16. The lowest BCUT2D eigenvalue weighted by atomic mass is 10.3. The molecular formula is C12H23N3O2S2. The number of hydrogen-bond acceptors (Lipinski definition) is 4. The van der Waals surface area contributed by atoms with Gasteiger partial charge in [0.2, 0.25) is 10.0 Å². The first-order valence-electron chi connectivity index (χ1n) is 6.24. The second kappa shape index (κ2) is 7.33. The van der Waals surface area contributed by atoms with Crippen LogP contribution < -0.4 is 10.0 Å². The molecule has 0 aromatic carbocycles. The Bertz CT molecular complexity index is 495. The average molecular weight is 305 g/mol. The van der Waals surface area contributed by atoms with Crippen LogP contribution in [0.2, 0.25) is 0 Å². The summed E-state index contributed by atoms with van der Waals surface area (Å²) in [6.07, 6.45) is 3.60.